The quantitative estimate of drug-likeness (QED) is 0.813. The molecule has 0 spiro atoms. The largest absolute Gasteiger partial charge is 0.497 e. The highest BCUT2D eigenvalue weighted by Gasteiger charge is 2.28. The third kappa shape index (κ3) is 4.73. The number of nitrogens with one attached hydrogen (secondary N) is 1. The van der Waals surface area contributed by atoms with Crippen molar-refractivity contribution in [2.24, 2.45) is 5.92 Å². The standard InChI is InChI=1S/C22H27NO4/c1-15(7-8-16-9-11-19(25-2)12-10-16)23-22(24)18-13-17-5-4-6-20(26-3)21(17)27-14-18/h4-6,9-12,15,18H,7-8,13-14H2,1-3H3,(H,23,24). The number of aryl methyl sites for hydroxylation is 1. The van der Waals surface area contributed by atoms with Crippen molar-refractivity contribution in [2.75, 3.05) is 20.8 Å². The zero-order chi connectivity index (χ0) is 19.2. The van der Waals surface area contributed by atoms with Gasteiger partial charge in [0.25, 0.3) is 0 Å². The van der Waals surface area contributed by atoms with Gasteiger partial charge in [-0.15, -0.1) is 0 Å². The summed E-state index contributed by atoms with van der Waals surface area (Å²) in [4.78, 5) is 12.6. The summed E-state index contributed by atoms with van der Waals surface area (Å²) in [5, 5.41) is 3.13. The number of para-hydroxylation sites is 1. The summed E-state index contributed by atoms with van der Waals surface area (Å²) in [6.07, 6.45) is 2.46. The summed E-state index contributed by atoms with van der Waals surface area (Å²) in [5.41, 5.74) is 2.26. The molecular formula is C22H27NO4. The van der Waals surface area contributed by atoms with Gasteiger partial charge in [-0.3, -0.25) is 4.79 Å². The third-order valence-corrected chi connectivity index (χ3v) is 4.96. The first-order valence-corrected chi connectivity index (χ1v) is 9.32. The highest BCUT2D eigenvalue weighted by molar-refractivity contribution is 5.80. The molecule has 0 radical (unpaired) electrons. The molecule has 2 aromatic carbocycles. The molecule has 1 aliphatic heterocycles. The molecule has 5 heteroatoms. The number of hydrogen-bond acceptors (Lipinski definition) is 4. The molecule has 2 unspecified atom stereocenters. The van der Waals surface area contributed by atoms with E-state index < -0.39 is 0 Å². The van der Waals surface area contributed by atoms with E-state index in [0.717, 1.165) is 35.7 Å². The first kappa shape index (κ1) is 19.1. The number of methoxy groups -OCH3 is 2. The molecule has 1 N–H and O–H groups in total. The molecule has 3 rings (SSSR count). The van der Waals surface area contributed by atoms with Crippen LogP contribution in [-0.4, -0.2) is 32.8 Å². The second-order valence-corrected chi connectivity index (χ2v) is 6.96. The third-order valence-electron chi connectivity index (χ3n) is 4.96. The van der Waals surface area contributed by atoms with Gasteiger partial charge in [0.05, 0.1) is 20.1 Å². The molecule has 2 aromatic rings. The maximum Gasteiger partial charge on any atom is 0.227 e. The minimum atomic E-state index is -0.173. The number of hydrogen-bond donors (Lipinski definition) is 1. The van der Waals surface area contributed by atoms with Crippen LogP contribution in [0.15, 0.2) is 42.5 Å². The Balaban J connectivity index is 1.51. The molecule has 1 heterocycles. The van der Waals surface area contributed by atoms with Crippen LogP contribution in [0.3, 0.4) is 0 Å². The van der Waals surface area contributed by atoms with Crippen molar-refractivity contribution >= 4 is 5.91 Å². The molecule has 0 aromatic heterocycles. The van der Waals surface area contributed by atoms with Crippen LogP contribution in [0.4, 0.5) is 0 Å². The van der Waals surface area contributed by atoms with Crippen molar-refractivity contribution in [2.45, 2.75) is 32.2 Å². The van der Waals surface area contributed by atoms with Crippen LogP contribution < -0.4 is 19.5 Å². The van der Waals surface area contributed by atoms with Crippen LogP contribution in [0.2, 0.25) is 0 Å². The Morgan fingerprint density at radius 3 is 2.67 bits per heavy atom. The highest BCUT2D eigenvalue weighted by Crippen LogP contribution is 2.36. The maximum absolute atomic E-state index is 12.6. The van der Waals surface area contributed by atoms with Crippen LogP contribution in [0.25, 0.3) is 0 Å². The topological polar surface area (TPSA) is 56.8 Å². The number of rotatable bonds is 7. The lowest BCUT2D eigenvalue weighted by Gasteiger charge is -2.27. The molecule has 2 atom stereocenters. The monoisotopic (exact) mass is 369 g/mol. The van der Waals surface area contributed by atoms with Gasteiger partial charge in [-0.05, 0) is 55.5 Å². The van der Waals surface area contributed by atoms with Gasteiger partial charge in [0.1, 0.15) is 12.4 Å². The predicted octanol–water partition coefficient (Wildman–Crippen LogP) is 3.39. The summed E-state index contributed by atoms with van der Waals surface area (Å²) >= 11 is 0. The summed E-state index contributed by atoms with van der Waals surface area (Å²) in [6, 6.07) is 13.9. The summed E-state index contributed by atoms with van der Waals surface area (Å²) in [7, 11) is 3.29. The molecule has 0 saturated heterocycles. The fourth-order valence-electron chi connectivity index (χ4n) is 3.33. The van der Waals surface area contributed by atoms with Gasteiger partial charge >= 0.3 is 0 Å². The van der Waals surface area contributed by atoms with Gasteiger partial charge in [0.15, 0.2) is 11.5 Å². The number of carbonyl (C=O) groups excluding carboxylic acids is 1. The van der Waals surface area contributed by atoms with Gasteiger partial charge in [-0.25, -0.2) is 0 Å². The molecule has 0 aliphatic carbocycles. The lowest BCUT2D eigenvalue weighted by molar-refractivity contribution is -0.126. The minimum Gasteiger partial charge on any atom is -0.497 e. The number of amides is 1. The highest BCUT2D eigenvalue weighted by atomic mass is 16.5. The lowest BCUT2D eigenvalue weighted by Crippen LogP contribution is -2.41. The molecule has 144 valence electrons. The van der Waals surface area contributed by atoms with E-state index in [1.165, 1.54) is 5.56 Å². The molecule has 1 amide bonds. The maximum atomic E-state index is 12.6. The van der Waals surface area contributed by atoms with Crippen molar-refractivity contribution in [1.82, 2.24) is 5.32 Å². The SMILES string of the molecule is COc1ccc(CCC(C)NC(=O)C2COc3c(cccc3OC)C2)cc1. The van der Waals surface area contributed by atoms with Crippen LogP contribution >= 0.6 is 0 Å². The number of ether oxygens (including phenoxy) is 3. The van der Waals surface area contributed by atoms with Crippen molar-refractivity contribution in [3.8, 4) is 17.2 Å². The Labute approximate surface area is 160 Å². The Hall–Kier alpha value is -2.69. The van der Waals surface area contributed by atoms with E-state index >= 15 is 0 Å². The minimum absolute atomic E-state index is 0.0469. The normalized spacial score (nSPS) is 16.6. The molecule has 0 saturated carbocycles. The van der Waals surface area contributed by atoms with Crippen LogP contribution in [0, 0.1) is 5.92 Å². The van der Waals surface area contributed by atoms with Crippen LogP contribution in [0.1, 0.15) is 24.5 Å². The molecule has 27 heavy (non-hydrogen) atoms. The molecular weight excluding hydrogens is 342 g/mol. The van der Waals surface area contributed by atoms with E-state index in [-0.39, 0.29) is 17.9 Å². The average molecular weight is 369 g/mol. The Morgan fingerprint density at radius 2 is 1.96 bits per heavy atom. The fraction of sp³-hybridized carbons (Fsp3) is 0.409. The first-order chi connectivity index (χ1) is 13.1. The Kier molecular flexibility index (Phi) is 6.22. The van der Waals surface area contributed by atoms with E-state index in [1.54, 1.807) is 14.2 Å². The lowest BCUT2D eigenvalue weighted by atomic mass is 9.95. The van der Waals surface area contributed by atoms with E-state index in [2.05, 4.69) is 17.4 Å². The van der Waals surface area contributed by atoms with Gasteiger partial charge < -0.3 is 19.5 Å². The molecule has 0 bridgehead atoms. The number of benzene rings is 2. The zero-order valence-electron chi connectivity index (χ0n) is 16.2. The second-order valence-electron chi connectivity index (χ2n) is 6.96. The Morgan fingerprint density at radius 1 is 1.19 bits per heavy atom. The van der Waals surface area contributed by atoms with E-state index in [0.29, 0.717) is 13.0 Å². The smallest absolute Gasteiger partial charge is 0.227 e. The predicted molar refractivity (Wildman–Crippen MR) is 105 cm³/mol. The first-order valence-electron chi connectivity index (χ1n) is 9.32. The fourth-order valence-corrected chi connectivity index (χ4v) is 3.33. The molecule has 0 fully saturated rings. The summed E-state index contributed by atoms with van der Waals surface area (Å²) in [5.74, 6) is 2.21. The van der Waals surface area contributed by atoms with Gasteiger partial charge in [0.2, 0.25) is 5.91 Å². The van der Waals surface area contributed by atoms with Crippen molar-refractivity contribution in [3.63, 3.8) is 0 Å². The van der Waals surface area contributed by atoms with Crippen molar-refractivity contribution in [1.29, 1.82) is 0 Å². The van der Waals surface area contributed by atoms with Crippen molar-refractivity contribution in [3.05, 3.63) is 53.6 Å². The van der Waals surface area contributed by atoms with Crippen LogP contribution in [0.5, 0.6) is 17.2 Å². The zero-order valence-corrected chi connectivity index (χ0v) is 16.2. The molecule has 1 aliphatic rings. The van der Waals surface area contributed by atoms with Gasteiger partial charge in [-0.1, -0.05) is 24.3 Å². The second kappa shape index (κ2) is 8.80. The van der Waals surface area contributed by atoms with Gasteiger partial charge in [-0.2, -0.15) is 0 Å². The van der Waals surface area contributed by atoms with E-state index in [1.807, 2.05) is 37.3 Å². The summed E-state index contributed by atoms with van der Waals surface area (Å²) in [6.45, 7) is 2.42. The van der Waals surface area contributed by atoms with E-state index in [9.17, 15) is 4.79 Å². The van der Waals surface area contributed by atoms with Crippen molar-refractivity contribution < 1.29 is 19.0 Å². The number of carbonyl (C=O) groups is 1. The van der Waals surface area contributed by atoms with Crippen LogP contribution in [-0.2, 0) is 17.6 Å². The average Bonchev–Trinajstić information content (AvgIpc) is 2.71. The summed E-state index contributed by atoms with van der Waals surface area (Å²) < 4.78 is 16.3. The van der Waals surface area contributed by atoms with E-state index in [4.69, 9.17) is 14.2 Å². The molecule has 5 nitrogen and oxygen atoms in total. The Bertz CT molecular complexity index is 772. The van der Waals surface area contributed by atoms with Gasteiger partial charge in [0, 0.05) is 6.04 Å². The number of fused-ring (bicyclic) bond motifs is 1.